The predicted octanol–water partition coefficient (Wildman–Crippen LogP) is 3.52. The van der Waals surface area contributed by atoms with Gasteiger partial charge in [-0.3, -0.25) is 0 Å². The first kappa shape index (κ1) is 14.2. The van der Waals surface area contributed by atoms with Gasteiger partial charge in [0.2, 0.25) is 0 Å². The van der Waals surface area contributed by atoms with Crippen LogP contribution in [0.5, 0.6) is 5.75 Å². The SMILES string of the molecule is Cc1ccc(NCc2cc(F)ccc2O)cc1N(C)C. The molecule has 0 aliphatic heterocycles. The normalized spacial score (nSPS) is 10.4. The summed E-state index contributed by atoms with van der Waals surface area (Å²) in [6.45, 7) is 2.43. The largest absolute Gasteiger partial charge is 0.508 e. The molecule has 20 heavy (non-hydrogen) atoms. The Kier molecular flexibility index (Phi) is 4.13. The van der Waals surface area contributed by atoms with Crippen molar-refractivity contribution in [1.82, 2.24) is 0 Å². The number of nitrogens with zero attached hydrogens (tertiary/aromatic N) is 1. The van der Waals surface area contributed by atoms with Gasteiger partial charge in [0, 0.05) is 37.6 Å². The van der Waals surface area contributed by atoms with Crippen molar-refractivity contribution in [3.63, 3.8) is 0 Å². The Bertz CT molecular complexity index is 611. The third-order valence-corrected chi connectivity index (χ3v) is 3.22. The number of hydrogen-bond donors (Lipinski definition) is 2. The summed E-state index contributed by atoms with van der Waals surface area (Å²) in [6.07, 6.45) is 0. The minimum atomic E-state index is -0.350. The van der Waals surface area contributed by atoms with Gasteiger partial charge in [-0.05, 0) is 42.8 Å². The molecule has 0 aliphatic rings. The van der Waals surface area contributed by atoms with E-state index in [0.29, 0.717) is 12.1 Å². The van der Waals surface area contributed by atoms with Crippen molar-refractivity contribution in [2.75, 3.05) is 24.3 Å². The molecule has 2 N–H and O–H groups in total. The van der Waals surface area contributed by atoms with Crippen LogP contribution in [0, 0.1) is 12.7 Å². The van der Waals surface area contributed by atoms with Gasteiger partial charge in [-0.15, -0.1) is 0 Å². The number of benzene rings is 2. The lowest BCUT2D eigenvalue weighted by molar-refractivity contribution is 0.466. The molecule has 0 bridgehead atoms. The number of phenols is 1. The molecule has 0 fully saturated rings. The first-order valence-electron chi connectivity index (χ1n) is 6.46. The topological polar surface area (TPSA) is 35.5 Å². The highest BCUT2D eigenvalue weighted by Crippen LogP contribution is 2.24. The number of nitrogens with one attached hydrogen (secondary N) is 1. The highest BCUT2D eigenvalue weighted by Gasteiger charge is 2.05. The van der Waals surface area contributed by atoms with E-state index in [9.17, 15) is 9.50 Å². The zero-order chi connectivity index (χ0) is 14.7. The van der Waals surface area contributed by atoms with E-state index in [0.717, 1.165) is 11.4 Å². The Morgan fingerprint density at radius 2 is 1.90 bits per heavy atom. The third kappa shape index (κ3) is 3.20. The number of hydrogen-bond acceptors (Lipinski definition) is 3. The Hall–Kier alpha value is -2.23. The van der Waals surface area contributed by atoms with E-state index < -0.39 is 0 Å². The molecule has 0 radical (unpaired) electrons. The second-order valence-electron chi connectivity index (χ2n) is 5.02. The molecule has 0 saturated carbocycles. The van der Waals surface area contributed by atoms with Crippen LogP contribution in [0.4, 0.5) is 15.8 Å². The molecule has 0 aromatic heterocycles. The molecule has 2 aromatic rings. The Morgan fingerprint density at radius 3 is 2.60 bits per heavy atom. The van der Waals surface area contributed by atoms with E-state index in [-0.39, 0.29) is 11.6 Å². The van der Waals surface area contributed by atoms with Gasteiger partial charge in [-0.25, -0.2) is 4.39 Å². The Morgan fingerprint density at radius 1 is 1.15 bits per heavy atom. The molecule has 0 aliphatic carbocycles. The van der Waals surface area contributed by atoms with Crippen LogP contribution in [0.25, 0.3) is 0 Å². The van der Waals surface area contributed by atoms with Crippen LogP contribution in [-0.4, -0.2) is 19.2 Å². The summed E-state index contributed by atoms with van der Waals surface area (Å²) in [4.78, 5) is 2.04. The summed E-state index contributed by atoms with van der Waals surface area (Å²) >= 11 is 0. The lowest BCUT2D eigenvalue weighted by atomic mass is 10.1. The van der Waals surface area contributed by atoms with Crippen LogP contribution < -0.4 is 10.2 Å². The first-order valence-corrected chi connectivity index (χ1v) is 6.46. The van der Waals surface area contributed by atoms with Gasteiger partial charge < -0.3 is 15.3 Å². The fourth-order valence-electron chi connectivity index (χ4n) is 2.09. The zero-order valence-electron chi connectivity index (χ0n) is 11.9. The van der Waals surface area contributed by atoms with Crippen molar-refractivity contribution in [3.05, 3.63) is 53.3 Å². The molecule has 3 nitrogen and oxygen atoms in total. The molecule has 2 aromatic carbocycles. The summed E-state index contributed by atoms with van der Waals surface area (Å²) in [5.74, 6) is -0.253. The molecule has 4 heteroatoms. The van der Waals surface area contributed by atoms with Gasteiger partial charge in [0.1, 0.15) is 11.6 Å². The molecule has 0 heterocycles. The van der Waals surface area contributed by atoms with Crippen molar-refractivity contribution >= 4 is 11.4 Å². The lowest BCUT2D eigenvalue weighted by Gasteiger charge is -2.17. The van der Waals surface area contributed by atoms with Gasteiger partial charge in [-0.2, -0.15) is 0 Å². The Balaban J connectivity index is 2.15. The molecule has 0 saturated heterocycles. The van der Waals surface area contributed by atoms with Crippen LogP contribution in [0.1, 0.15) is 11.1 Å². The maximum Gasteiger partial charge on any atom is 0.123 e. The number of phenolic OH excluding ortho intramolecular Hbond substituents is 1. The predicted molar refractivity (Wildman–Crippen MR) is 80.9 cm³/mol. The van der Waals surface area contributed by atoms with Crippen molar-refractivity contribution in [3.8, 4) is 5.75 Å². The number of aromatic hydroxyl groups is 1. The van der Waals surface area contributed by atoms with Crippen molar-refractivity contribution in [2.24, 2.45) is 0 Å². The molecule has 106 valence electrons. The van der Waals surface area contributed by atoms with Crippen LogP contribution >= 0.6 is 0 Å². The molecule has 0 amide bonds. The van der Waals surface area contributed by atoms with E-state index >= 15 is 0 Å². The van der Waals surface area contributed by atoms with E-state index in [2.05, 4.69) is 12.2 Å². The maximum absolute atomic E-state index is 13.2. The second kappa shape index (κ2) is 5.82. The van der Waals surface area contributed by atoms with E-state index in [1.54, 1.807) is 0 Å². The van der Waals surface area contributed by atoms with Crippen LogP contribution in [0.2, 0.25) is 0 Å². The number of halogens is 1. The van der Waals surface area contributed by atoms with Gasteiger partial charge in [0.05, 0.1) is 0 Å². The fraction of sp³-hybridized carbons (Fsp3) is 0.250. The third-order valence-electron chi connectivity index (χ3n) is 3.22. The van der Waals surface area contributed by atoms with Gasteiger partial charge >= 0.3 is 0 Å². The van der Waals surface area contributed by atoms with Gasteiger partial charge in [0.15, 0.2) is 0 Å². The van der Waals surface area contributed by atoms with E-state index in [4.69, 9.17) is 0 Å². The summed E-state index contributed by atoms with van der Waals surface area (Å²) in [5, 5.41) is 12.9. The number of aryl methyl sites for hydroxylation is 1. The molecule has 0 unspecified atom stereocenters. The highest BCUT2D eigenvalue weighted by atomic mass is 19.1. The van der Waals surface area contributed by atoms with Crippen LogP contribution in [0.3, 0.4) is 0 Å². The molecule has 0 spiro atoms. The average molecular weight is 274 g/mol. The van der Waals surface area contributed by atoms with Gasteiger partial charge in [0.25, 0.3) is 0 Å². The highest BCUT2D eigenvalue weighted by molar-refractivity contribution is 5.62. The summed E-state index contributed by atoms with van der Waals surface area (Å²) < 4.78 is 13.2. The first-order chi connectivity index (χ1) is 9.47. The van der Waals surface area contributed by atoms with Crippen molar-refractivity contribution in [2.45, 2.75) is 13.5 Å². The monoisotopic (exact) mass is 274 g/mol. The second-order valence-corrected chi connectivity index (χ2v) is 5.02. The molecule has 2 rings (SSSR count). The standard InChI is InChI=1S/C16H19FN2O/c1-11-4-6-14(9-15(11)19(2)3)18-10-12-8-13(17)5-7-16(12)20/h4-9,18,20H,10H2,1-3H3. The summed E-state index contributed by atoms with van der Waals surface area (Å²) in [6, 6.07) is 9.98. The zero-order valence-corrected chi connectivity index (χ0v) is 11.9. The van der Waals surface area contributed by atoms with Crippen molar-refractivity contribution in [1.29, 1.82) is 0 Å². The van der Waals surface area contributed by atoms with E-state index in [1.165, 1.54) is 23.8 Å². The lowest BCUT2D eigenvalue weighted by Crippen LogP contribution is -2.11. The Labute approximate surface area is 118 Å². The quantitative estimate of drug-likeness (QED) is 0.895. The number of rotatable bonds is 4. The average Bonchev–Trinajstić information content (AvgIpc) is 2.41. The minimum Gasteiger partial charge on any atom is -0.508 e. The van der Waals surface area contributed by atoms with E-state index in [1.807, 2.05) is 37.2 Å². The summed E-state index contributed by atoms with van der Waals surface area (Å²) in [7, 11) is 3.98. The molecule has 0 atom stereocenters. The van der Waals surface area contributed by atoms with Crippen LogP contribution in [0.15, 0.2) is 36.4 Å². The number of anilines is 2. The summed E-state index contributed by atoms with van der Waals surface area (Å²) in [5.41, 5.74) is 3.78. The van der Waals surface area contributed by atoms with Crippen LogP contribution in [-0.2, 0) is 6.54 Å². The molecular formula is C16H19FN2O. The van der Waals surface area contributed by atoms with Gasteiger partial charge in [-0.1, -0.05) is 6.07 Å². The van der Waals surface area contributed by atoms with Crippen molar-refractivity contribution < 1.29 is 9.50 Å². The molecular weight excluding hydrogens is 255 g/mol. The fourth-order valence-corrected chi connectivity index (χ4v) is 2.09. The minimum absolute atomic E-state index is 0.0962. The maximum atomic E-state index is 13.2. The smallest absolute Gasteiger partial charge is 0.123 e.